The molecule has 0 atom stereocenters. The van der Waals surface area contributed by atoms with Crippen molar-refractivity contribution in [3.8, 4) is 5.69 Å². The molecule has 0 fully saturated rings. The standard InChI is InChI=1S/C46H28N2OS/c1-2-11-31(12-3-1)48-40-17-7-4-13-34(40)38-28-33(23-24-41(38)48)47(42-18-10-16-37-36-15-6-9-20-45(36)50-46(37)42)32-22-21-29-26-39-35-14-5-8-19-43(35)49-44(39)27-30(29)25-32/h1-28H. The minimum absolute atomic E-state index is 0.907. The number of hydrogen-bond acceptors (Lipinski definition) is 3. The molecular weight excluding hydrogens is 629 g/mol. The Bertz CT molecular complexity index is 3110. The maximum Gasteiger partial charge on any atom is 0.136 e. The van der Waals surface area contributed by atoms with Crippen LogP contribution in [-0.2, 0) is 0 Å². The number of nitrogens with zero attached hydrogens (tertiary/aromatic N) is 2. The summed E-state index contributed by atoms with van der Waals surface area (Å²) in [5, 5.41) is 9.65. The van der Waals surface area contributed by atoms with Crippen LogP contribution in [0.5, 0.6) is 0 Å². The van der Waals surface area contributed by atoms with Gasteiger partial charge < -0.3 is 13.9 Å². The minimum atomic E-state index is 0.907. The van der Waals surface area contributed by atoms with E-state index >= 15 is 0 Å². The summed E-state index contributed by atoms with van der Waals surface area (Å²) in [5.74, 6) is 0. The zero-order chi connectivity index (χ0) is 32.8. The predicted molar refractivity (Wildman–Crippen MR) is 213 cm³/mol. The molecule has 0 saturated carbocycles. The average Bonchev–Trinajstić information content (AvgIpc) is 3.84. The Hall–Kier alpha value is -6.36. The van der Waals surface area contributed by atoms with Crippen molar-refractivity contribution in [1.29, 1.82) is 0 Å². The van der Waals surface area contributed by atoms with Crippen LogP contribution in [0.25, 0.3) is 80.4 Å². The molecule has 11 aromatic rings. The Labute approximate surface area is 291 Å². The van der Waals surface area contributed by atoms with Gasteiger partial charge in [0.1, 0.15) is 11.2 Å². The lowest BCUT2D eigenvalue weighted by atomic mass is 10.0. The highest BCUT2D eigenvalue weighted by molar-refractivity contribution is 7.26. The largest absolute Gasteiger partial charge is 0.456 e. The number of fused-ring (bicyclic) bond motifs is 10. The summed E-state index contributed by atoms with van der Waals surface area (Å²) in [6, 6.07) is 61.4. The fraction of sp³-hybridized carbons (Fsp3) is 0. The number of hydrogen-bond donors (Lipinski definition) is 0. The molecule has 3 heterocycles. The molecule has 4 heteroatoms. The third-order valence-electron chi connectivity index (χ3n) is 10.1. The van der Waals surface area contributed by atoms with Crippen molar-refractivity contribution in [3.63, 3.8) is 0 Å². The third-order valence-corrected chi connectivity index (χ3v) is 11.3. The van der Waals surface area contributed by atoms with Gasteiger partial charge in [0.05, 0.1) is 21.4 Å². The van der Waals surface area contributed by atoms with Gasteiger partial charge in [-0.1, -0.05) is 91.0 Å². The SMILES string of the molecule is c1ccc(-n2c3ccccc3c3cc(N(c4ccc5cc6c(cc5c4)oc4ccccc46)c4cccc5c4sc4ccccc45)ccc32)cc1. The first-order chi connectivity index (χ1) is 24.8. The summed E-state index contributed by atoms with van der Waals surface area (Å²) < 4.78 is 11.3. The molecule has 0 spiro atoms. The fourth-order valence-corrected chi connectivity index (χ4v) is 9.09. The van der Waals surface area contributed by atoms with E-state index in [-0.39, 0.29) is 0 Å². The zero-order valence-electron chi connectivity index (χ0n) is 26.9. The molecule has 11 rings (SSSR count). The first-order valence-electron chi connectivity index (χ1n) is 16.9. The second-order valence-corrected chi connectivity index (χ2v) is 14.0. The number of aromatic nitrogens is 1. The highest BCUT2D eigenvalue weighted by Crippen LogP contribution is 2.46. The molecule has 3 aromatic heterocycles. The van der Waals surface area contributed by atoms with Gasteiger partial charge in [-0.15, -0.1) is 11.3 Å². The lowest BCUT2D eigenvalue weighted by Crippen LogP contribution is -2.10. The fourth-order valence-electron chi connectivity index (χ4n) is 7.89. The van der Waals surface area contributed by atoms with E-state index in [9.17, 15) is 0 Å². The maximum atomic E-state index is 6.34. The van der Waals surface area contributed by atoms with Crippen LogP contribution in [0.4, 0.5) is 17.1 Å². The first-order valence-corrected chi connectivity index (χ1v) is 17.7. The number of rotatable bonds is 4. The minimum Gasteiger partial charge on any atom is -0.456 e. The van der Waals surface area contributed by atoms with E-state index in [1.165, 1.54) is 53.1 Å². The summed E-state index contributed by atoms with van der Waals surface area (Å²) in [4.78, 5) is 2.44. The van der Waals surface area contributed by atoms with E-state index < -0.39 is 0 Å². The highest BCUT2D eigenvalue weighted by Gasteiger charge is 2.21. The molecule has 0 radical (unpaired) electrons. The van der Waals surface area contributed by atoms with E-state index in [1.54, 1.807) is 0 Å². The Kier molecular flexibility index (Phi) is 5.83. The number of thiophene rings is 1. The summed E-state index contributed by atoms with van der Waals surface area (Å²) in [7, 11) is 0. The molecule has 0 unspecified atom stereocenters. The van der Waals surface area contributed by atoms with Crippen molar-refractivity contribution in [3.05, 3.63) is 170 Å². The molecule has 0 aliphatic rings. The molecule has 3 nitrogen and oxygen atoms in total. The summed E-state index contributed by atoms with van der Waals surface area (Å²) in [6.45, 7) is 0. The van der Waals surface area contributed by atoms with Crippen molar-refractivity contribution in [1.82, 2.24) is 4.57 Å². The predicted octanol–water partition coefficient (Wildman–Crippen LogP) is 13.7. The van der Waals surface area contributed by atoms with E-state index in [4.69, 9.17) is 4.42 Å². The average molecular weight is 657 g/mol. The molecule has 234 valence electrons. The second kappa shape index (κ2) is 10.6. The molecular formula is C46H28N2OS. The lowest BCUT2D eigenvalue weighted by molar-refractivity contribution is 0.669. The Morgan fingerprint density at radius 1 is 0.440 bits per heavy atom. The number of furan rings is 1. The van der Waals surface area contributed by atoms with E-state index in [0.29, 0.717) is 0 Å². The maximum absolute atomic E-state index is 6.34. The highest BCUT2D eigenvalue weighted by atomic mass is 32.1. The Morgan fingerprint density at radius 3 is 2.08 bits per heavy atom. The first kappa shape index (κ1) is 27.6. The van der Waals surface area contributed by atoms with Crippen molar-refractivity contribution in [2.45, 2.75) is 0 Å². The van der Waals surface area contributed by atoms with Gasteiger partial charge in [-0.3, -0.25) is 0 Å². The Morgan fingerprint density at radius 2 is 1.16 bits per heavy atom. The van der Waals surface area contributed by atoms with Gasteiger partial charge >= 0.3 is 0 Å². The summed E-state index contributed by atoms with van der Waals surface area (Å²) >= 11 is 1.86. The van der Waals surface area contributed by atoms with Gasteiger partial charge in [0, 0.05) is 54.1 Å². The zero-order valence-corrected chi connectivity index (χ0v) is 27.7. The third kappa shape index (κ3) is 4.03. The lowest BCUT2D eigenvalue weighted by Gasteiger charge is -2.26. The molecule has 50 heavy (non-hydrogen) atoms. The topological polar surface area (TPSA) is 21.3 Å². The van der Waals surface area contributed by atoms with Crippen LogP contribution in [0.15, 0.2) is 174 Å². The van der Waals surface area contributed by atoms with Crippen LogP contribution in [0, 0.1) is 0 Å². The van der Waals surface area contributed by atoms with Crippen molar-refractivity contribution >= 4 is 103 Å². The van der Waals surface area contributed by atoms with Gasteiger partial charge in [0.25, 0.3) is 0 Å². The smallest absolute Gasteiger partial charge is 0.136 e. The number of benzene rings is 8. The van der Waals surface area contributed by atoms with Gasteiger partial charge in [0.2, 0.25) is 0 Å². The quantitative estimate of drug-likeness (QED) is 0.188. The van der Waals surface area contributed by atoms with Crippen molar-refractivity contribution < 1.29 is 4.42 Å². The van der Waals surface area contributed by atoms with Gasteiger partial charge in [-0.2, -0.15) is 0 Å². The van der Waals surface area contributed by atoms with E-state index in [0.717, 1.165) is 44.4 Å². The molecule has 0 saturated heterocycles. The van der Waals surface area contributed by atoms with Crippen molar-refractivity contribution in [2.24, 2.45) is 0 Å². The van der Waals surface area contributed by atoms with E-state index in [1.807, 2.05) is 23.5 Å². The van der Waals surface area contributed by atoms with Crippen molar-refractivity contribution in [2.75, 3.05) is 4.90 Å². The van der Waals surface area contributed by atoms with Gasteiger partial charge in [-0.05, 0) is 89.6 Å². The van der Waals surface area contributed by atoms with E-state index in [2.05, 4.69) is 167 Å². The molecule has 0 bridgehead atoms. The van der Waals surface area contributed by atoms with Gasteiger partial charge in [-0.25, -0.2) is 0 Å². The van der Waals surface area contributed by atoms with Crippen LogP contribution < -0.4 is 4.90 Å². The van der Waals surface area contributed by atoms with Crippen LogP contribution >= 0.6 is 11.3 Å². The van der Waals surface area contributed by atoms with Crippen LogP contribution in [-0.4, -0.2) is 4.57 Å². The monoisotopic (exact) mass is 656 g/mol. The second-order valence-electron chi connectivity index (χ2n) is 13.0. The molecule has 0 N–H and O–H groups in total. The summed E-state index contributed by atoms with van der Waals surface area (Å²) in [5.41, 5.74) is 8.75. The summed E-state index contributed by atoms with van der Waals surface area (Å²) in [6.07, 6.45) is 0. The number of para-hydroxylation sites is 3. The number of anilines is 3. The molecule has 0 amide bonds. The normalized spacial score (nSPS) is 12.0. The van der Waals surface area contributed by atoms with Crippen LogP contribution in [0.1, 0.15) is 0 Å². The molecule has 0 aliphatic carbocycles. The van der Waals surface area contributed by atoms with Gasteiger partial charge in [0.15, 0.2) is 0 Å². The van der Waals surface area contributed by atoms with Crippen LogP contribution in [0.3, 0.4) is 0 Å². The molecule has 8 aromatic carbocycles. The van der Waals surface area contributed by atoms with Crippen LogP contribution in [0.2, 0.25) is 0 Å². The Balaban J connectivity index is 1.18. The molecule has 0 aliphatic heterocycles.